The molecule has 9 nitrogen and oxygen atoms in total. The number of carbonyl (C=O) groups is 2. The van der Waals surface area contributed by atoms with Crippen LogP contribution in [0.3, 0.4) is 0 Å². The third kappa shape index (κ3) is 6.26. The van der Waals surface area contributed by atoms with Crippen LogP contribution in [0.25, 0.3) is 11.1 Å². The minimum atomic E-state index is -0.140. The second kappa shape index (κ2) is 10.7. The monoisotopic (exact) mass is 473 g/mol. The molecule has 1 aromatic carbocycles. The van der Waals surface area contributed by atoms with Gasteiger partial charge in [-0.3, -0.25) is 19.5 Å². The van der Waals surface area contributed by atoms with Crippen LogP contribution < -0.4 is 10.1 Å². The summed E-state index contributed by atoms with van der Waals surface area (Å²) in [4.78, 5) is 40.3. The van der Waals surface area contributed by atoms with Crippen molar-refractivity contribution < 1.29 is 19.1 Å². The number of morpholine rings is 1. The molecular weight excluding hydrogens is 446 g/mol. The summed E-state index contributed by atoms with van der Waals surface area (Å²) in [5, 5.41) is 2.95. The first-order valence-corrected chi connectivity index (χ1v) is 11.8. The number of nitrogens with one attached hydrogen (secondary N) is 1. The SMILES string of the molecule is O=C(CN1CCOCC1)Nc1cc(C(=O)Cc2ccc(-c3cncnc3)cn2)ccc1OC1CC1. The average molecular weight is 474 g/mol. The van der Waals surface area contributed by atoms with Crippen LogP contribution in [0.4, 0.5) is 5.69 Å². The van der Waals surface area contributed by atoms with Crippen molar-refractivity contribution in [2.45, 2.75) is 25.4 Å². The van der Waals surface area contributed by atoms with Gasteiger partial charge in [-0.1, -0.05) is 6.07 Å². The van der Waals surface area contributed by atoms with E-state index in [0.29, 0.717) is 35.9 Å². The van der Waals surface area contributed by atoms with Crippen molar-refractivity contribution >= 4 is 17.4 Å². The molecule has 0 spiro atoms. The smallest absolute Gasteiger partial charge is 0.238 e. The Morgan fingerprint density at radius 1 is 1.03 bits per heavy atom. The van der Waals surface area contributed by atoms with E-state index in [9.17, 15) is 9.59 Å². The Hall–Kier alpha value is -3.69. The summed E-state index contributed by atoms with van der Waals surface area (Å²) in [5.41, 5.74) is 3.42. The minimum Gasteiger partial charge on any atom is -0.488 e. The lowest BCUT2D eigenvalue weighted by Crippen LogP contribution is -2.41. The third-order valence-corrected chi connectivity index (χ3v) is 5.92. The zero-order valence-electron chi connectivity index (χ0n) is 19.4. The molecule has 3 heterocycles. The summed E-state index contributed by atoms with van der Waals surface area (Å²) in [6.07, 6.45) is 8.94. The molecule has 0 atom stereocenters. The van der Waals surface area contributed by atoms with Crippen LogP contribution >= 0.6 is 0 Å². The second-order valence-electron chi connectivity index (χ2n) is 8.73. The summed E-state index contributed by atoms with van der Waals surface area (Å²) < 4.78 is 11.3. The first kappa shape index (κ1) is 23.1. The number of amides is 1. The lowest BCUT2D eigenvalue weighted by atomic mass is 10.0. The number of pyridine rings is 1. The molecule has 1 saturated heterocycles. The fourth-order valence-electron chi connectivity index (χ4n) is 3.84. The van der Waals surface area contributed by atoms with Gasteiger partial charge in [0.25, 0.3) is 0 Å². The predicted octanol–water partition coefficient (Wildman–Crippen LogP) is 2.78. The summed E-state index contributed by atoms with van der Waals surface area (Å²) in [7, 11) is 0. The van der Waals surface area contributed by atoms with Gasteiger partial charge >= 0.3 is 0 Å². The molecule has 1 N–H and O–H groups in total. The number of anilines is 1. The van der Waals surface area contributed by atoms with Crippen molar-refractivity contribution in [3.63, 3.8) is 0 Å². The van der Waals surface area contributed by atoms with Crippen molar-refractivity contribution in [2.24, 2.45) is 0 Å². The maximum Gasteiger partial charge on any atom is 0.238 e. The van der Waals surface area contributed by atoms with Gasteiger partial charge in [-0.15, -0.1) is 0 Å². The molecule has 1 amide bonds. The fraction of sp³-hybridized carbons (Fsp3) is 0.346. The Morgan fingerprint density at radius 2 is 1.83 bits per heavy atom. The molecule has 2 fully saturated rings. The second-order valence-corrected chi connectivity index (χ2v) is 8.73. The van der Waals surface area contributed by atoms with Crippen molar-refractivity contribution in [3.8, 4) is 16.9 Å². The van der Waals surface area contributed by atoms with E-state index in [1.165, 1.54) is 6.33 Å². The Kier molecular flexibility index (Phi) is 7.06. The summed E-state index contributed by atoms with van der Waals surface area (Å²) in [6, 6.07) is 8.94. The lowest BCUT2D eigenvalue weighted by molar-refractivity contribution is -0.118. The number of benzene rings is 1. The molecule has 1 saturated carbocycles. The van der Waals surface area contributed by atoms with Gasteiger partial charge in [0.2, 0.25) is 5.91 Å². The van der Waals surface area contributed by atoms with Gasteiger partial charge in [0, 0.05) is 54.1 Å². The van der Waals surface area contributed by atoms with Crippen LogP contribution in [0, 0.1) is 0 Å². The van der Waals surface area contributed by atoms with E-state index in [2.05, 4.69) is 20.3 Å². The molecule has 5 rings (SSSR count). The molecule has 9 heteroatoms. The van der Waals surface area contributed by atoms with E-state index in [1.807, 2.05) is 17.0 Å². The highest BCUT2D eigenvalue weighted by atomic mass is 16.5. The van der Waals surface area contributed by atoms with Gasteiger partial charge in [-0.05, 0) is 37.1 Å². The number of ether oxygens (including phenoxy) is 2. The molecule has 2 aliphatic rings. The molecular formula is C26H27N5O4. The maximum atomic E-state index is 13.0. The maximum absolute atomic E-state index is 13.0. The quantitative estimate of drug-likeness (QED) is 0.473. The molecule has 180 valence electrons. The number of ketones is 1. The van der Waals surface area contributed by atoms with Crippen LogP contribution in [0.15, 0.2) is 55.2 Å². The number of nitrogens with zero attached hydrogens (tertiary/aromatic N) is 4. The number of carbonyl (C=O) groups excluding carboxylic acids is 2. The predicted molar refractivity (Wildman–Crippen MR) is 129 cm³/mol. The van der Waals surface area contributed by atoms with Crippen molar-refractivity contribution in [3.05, 3.63) is 66.5 Å². The Labute approximate surface area is 203 Å². The number of hydrogen-bond donors (Lipinski definition) is 1. The Morgan fingerprint density at radius 3 is 2.54 bits per heavy atom. The van der Waals surface area contributed by atoms with E-state index >= 15 is 0 Å². The Balaban J connectivity index is 1.27. The summed E-state index contributed by atoms with van der Waals surface area (Å²) >= 11 is 0. The van der Waals surface area contributed by atoms with Gasteiger partial charge in [-0.2, -0.15) is 0 Å². The standard InChI is InChI=1S/C26H27N5O4/c32-24(12-21-3-1-19(15-29-21)20-13-27-17-28-14-20)18-2-6-25(35-22-4-5-22)23(11-18)30-26(33)16-31-7-9-34-10-8-31/h1-3,6,11,13-15,17,22H,4-5,7-10,12,16H2,(H,30,33). The Bertz CT molecular complexity index is 1180. The van der Waals surface area contributed by atoms with E-state index in [-0.39, 0.29) is 30.8 Å². The van der Waals surface area contributed by atoms with E-state index in [1.54, 1.807) is 36.8 Å². The topological polar surface area (TPSA) is 107 Å². The number of hydrogen-bond acceptors (Lipinski definition) is 8. The normalized spacial score (nSPS) is 16.0. The highest BCUT2D eigenvalue weighted by molar-refractivity contribution is 6.00. The van der Waals surface area contributed by atoms with E-state index in [0.717, 1.165) is 37.1 Å². The molecule has 0 bridgehead atoms. The van der Waals surface area contributed by atoms with Gasteiger partial charge < -0.3 is 14.8 Å². The van der Waals surface area contributed by atoms with Crippen molar-refractivity contribution in [2.75, 3.05) is 38.2 Å². The molecule has 1 aliphatic carbocycles. The highest BCUT2D eigenvalue weighted by Gasteiger charge is 2.25. The molecule has 2 aromatic heterocycles. The van der Waals surface area contributed by atoms with Crippen LogP contribution in [-0.4, -0.2) is 70.5 Å². The minimum absolute atomic E-state index is 0.0880. The summed E-state index contributed by atoms with van der Waals surface area (Å²) in [5.74, 6) is 0.362. The third-order valence-electron chi connectivity index (χ3n) is 5.92. The van der Waals surface area contributed by atoms with E-state index < -0.39 is 0 Å². The highest BCUT2D eigenvalue weighted by Crippen LogP contribution is 2.33. The molecule has 0 unspecified atom stereocenters. The zero-order chi connectivity index (χ0) is 24.0. The number of Topliss-reactive ketones (excluding diaryl/α,β-unsaturated/α-hetero) is 1. The van der Waals surface area contributed by atoms with Crippen LogP contribution in [0.5, 0.6) is 5.75 Å². The van der Waals surface area contributed by atoms with Crippen molar-refractivity contribution in [1.82, 2.24) is 19.9 Å². The molecule has 35 heavy (non-hydrogen) atoms. The number of aromatic nitrogens is 3. The van der Waals surface area contributed by atoms with Gasteiger partial charge in [0.1, 0.15) is 12.1 Å². The van der Waals surface area contributed by atoms with E-state index in [4.69, 9.17) is 9.47 Å². The average Bonchev–Trinajstić information content (AvgIpc) is 3.71. The largest absolute Gasteiger partial charge is 0.488 e. The zero-order valence-corrected chi connectivity index (χ0v) is 19.4. The van der Waals surface area contributed by atoms with Gasteiger partial charge in [0.05, 0.1) is 38.0 Å². The first-order valence-electron chi connectivity index (χ1n) is 11.8. The van der Waals surface area contributed by atoms with Crippen LogP contribution in [0.2, 0.25) is 0 Å². The molecule has 0 radical (unpaired) electrons. The molecule has 3 aromatic rings. The van der Waals surface area contributed by atoms with Gasteiger partial charge in [-0.25, -0.2) is 9.97 Å². The van der Waals surface area contributed by atoms with Gasteiger partial charge in [0.15, 0.2) is 5.78 Å². The van der Waals surface area contributed by atoms with Crippen LogP contribution in [-0.2, 0) is 16.0 Å². The van der Waals surface area contributed by atoms with Crippen LogP contribution in [0.1, 0.15) is 28.9 Å². The molecule has 1 aliphatic heterocycles. The van der Waals surface area contributed by atoms with Crippen molar-refractivity contribution in [1.29, 1.82) is 0 Å². The first-order chi connectivity index (χ1) is 17.1. The lowest BCUT2D eigenvalue weighted by Gasteiger charge is -2.26. The number of rotatable bonds is 9. The summed E-state index contributed by atoms with van der Waals surface area (Å²) in [6.45, 7) is 2.97. The fourth-order valence-corrected chi connectivity index (χ4v) is 3.84.